The maximum Gasteiger partial charge on any atom is 0.331 e. The van der Waals surface area contributed by atoms with Crippen LogP contribution in [0.15, 0.2) is 109 Å². The number of para-hydroxylation sites is 2. The van der Waals surface area contributed by atoms with Crippen LogP contribution in [0.1, 0.15) is 25.7 Å². The number of methoxy groups -OCH3 is 4. The molecule has 6 aromatic heterocycles. The van der Waals surface area contributed by atoms with Gasteiger partial charge >= 0.3 is 11.4 Å². The molecule has 8 aliphatic heterocycles. The molecular weight excluding hydrogens is 1540 g/mol. The Bertz CT molecular complexity index is 4650. The number of nitro groups is 2. The van der Waals surface area contributed by atoms with Gasteiger partial charge < -0.3 is 88.7 Å². The van der Waals surface area contributed by atoms with Gasteiger partial charge in [-0.1, -0.05) is 59.1 Å². The number of benzene rings is 2. The maximum absolute atomic E-state index is 12.7. The molecule has 8 fully saturated rings. The van der Waals surface area contributed by atoms with E-state index in [-0.39, 0.29) is 44.4 Å². The first kappa shape index (κ1) is 82.2. The number of rotatable bonds is 17. The molecule has 0 atom stereocenters. The smallest absolute Gasteiger partial charge is 0.331 e. The summed E-state index contributed by atoms with van der Waals surface area (Å²) < 4.78 is 67.0. The molecule has 32 nitrogen and oxygen atoms in total. The average Bonchev–Trinajstić information content (AvgIpc) is 1.48. The van der Waals surface area contributed by atoms with E-state index in [2.05, 4.69) is 80.6 Å². The second-order valence-electron chi connectivity index (χ2n) is 28.6. The number of nitrogens with zero attached hydrogens (tertiary/aromatic N) is 13. The highest BCUT2D eigenvalue weighted by Crippen LogP contribution is 2.46. The predicted molar refractivity (Wildman–Crippen MR) is 427 cm³/mol. The quantitative estimate of drug-likeness (QED) is 0.0186. The number of anilines is 10. The topological polar surface area (TPSA) is 381 Å². The molecule has 2 aromatic carbocycles. The van der Waals surface area contributed by atoms with Crippen LogP contribution in [0.2, 0.25) is 20.5 Å². The Hall–Kier alpha value is -8.78. The summed E-state index contributed by atoms with van der Waals surface area (Å²) in [5, 5.41) is 36.2. The van der Waals surface area contributed by atoms with Crippen LogP contribution in [0.4, 0.5) is 69.2 Å². The van der Waals surface area contributed by atoms with E-state index in [0.29, 0.717) is 73.0 Å². The van der Waals surface area contributed by atoms with E-state index in [0.717, 1.165) is 139 Å². The Morgan fingerprint density at radius 1 is 0.482 bits per heavy atom. The van der Waals surface area contributed by atoms with Crippen molar-refractivity contribution in [2.45, 2.75) is 25.7 Å². The molecule has 0 saturated carbocycles. The fourth-order valence-corrected chi connectivity index (χ4v) is 16.4. The lowest BCUT2D eigenvalue weighted by atomic mass is 9.79. The molecule has 14 heterocycles. The molecule has 110 heavy (non-hydrogen) atoms. The normalized spacial score (nSPS) is 17.6. The third kappa shape index (κ3) is 20.3. The Labute approximate surface area is 656 Å². The van der Waals surface area contributed by atoms with Crippen molar-refractivity contribution >= 4 is 140 Å². The molecule has 8 aromatic rings. The summed E-state index contributed by atoms with van der Waals surface area (Å²) >= 11 is 23.6. The highest BCUT2D eigenvalue weighted by atomic mass is 35.5. The van der Waals surface area contributed by atoms with Gasteiger partial charge in [-0.05, 0) is 125 Å². The summed E-state index contributed by atoms with van der Waals surface area (Å²) in [5.74, 6) is 4.58. The molecular formula is C72H88Cl4N18O14P2. The first-order valence-electron chi connectivity index (χ1n) is 35.0. The lowest BCUT2D eigenvalue weighted by Gasteiger charge is -2.47. The Kier molecular flexibility index (Phi) is 26.7. The van der Waals surface area contributed by atoms with Crippen molar-refractivity contribution in [1.82, 2.24) is 45.2 Å². The van der Waals surface area contributed by atoms with Gasteiger partial charge in [0, 0.05) is 123 Å². The van der Waals surface area contributed by atoms with Gasteiger partial charge in [0.25, 0.3) is 11.8 Å². The molecule has 0 aliphatic carbocycles. The number of hydrogen-bond acceptors (Lipinski definition) is 30. The molecule has 588 valence electrons. The number of nitrogens with two attached hydrogens (primary N) is 1. The zero-order valence-electron chi connectivity index (χ0n) is 62.0. The Morgan fingerprint density at radius 3 is 1.30 bits per heavy atom. The van der Waals surface area contributed by atoms with Crippen LogP contribution in [0.5, 0.6) is 23.5 Å². The standard InChI is InChI=1S/C24H28ClN6O3P.C12H12Cl2N3OP.C12H15N3O4.C12H17N3O2.C6H5ClN2O3.C6H11NO/c1-33-22-18(8-9-20(29-22)31-13-24(14-31)10-11-34-15-24)28-23-26-12-16(25)21(30-23)27-17-6-4-5-7-19(17)35(2,3)32;1-19(2,18)10-6-4-3-5-9(10)16-11-8(13)7-15-12(14)17-11;1-18-11-9(15(16)17)2-3-10(13-11)14-6-12(7-14)4-5-19-8-12;1-16-11-9(13)2-3-10(14-11)15-6-12(7-15)4-5-17-8-12;1-12-6-4(9(10)11)2-3-5(7)8-6;1-2-8-5-6(1)3-7-4-6/h4-9,12H,10-11,13-15H2,1-3H3,(H2,26,27,28,30);3-7H,1-2H3,(H,15,16,17);2-3H,4-8H2,1H3;2-3H,4-8,13H2,1H3;2-3H,1H3;7H,1-5H2. The molecule has 38 heteroatoms. The second-order valence-corrected chi connectivity index (χ2v) is 36.5. The van der Waals surface area contributed by atoms with Crippen LogP contribution in [0.25, 0.3) is 0 Å². The number of pyridine rings is 4. The number of halogens is 4. The number of aromatic nitrogens is 8. The van der Waals surface area contributed by atoms with Gasteiger partial charge in [0.15, 0.2) is 11.6 Å². The second kappa shape index (κ2) is 35.7. The first-order chi connectivity index (χ1) is 52.6. The molecule has 8 aliphatic rings. The largest absolute Gasteiger partial charge is 0.479 e. The van der Waals surface area contributed by atoms with Crippen LogP contribution in [-0.2, 0) is 28.1 Å². The zero-order chi connectivity index (χ0) is 78.6. The van der Waals surface area contributed by atoms with Gasteiger partial charge in [-0.15, -0.1) is 0 Å². The molecule has 0 radical (unpaired) electrons. The van der Waals surface area contributed by atoms with Crippen molar-refractivity contribution < 1.29 is 56.9 Å². The first-order valence-corrected chi connectivity index (χ1v) is 41.8. The number of nitrogens with one attached hydrogen (secondary N) is 4. The highest BCUT2D eigenvalue weighted by Gasteiger charge is 2.49. The van der Waals surface area contributed by atoms with Crippen LogP contribution in [0, 0.1) is 41.9 Å². The Balaban J connectivity index is 0.000000139. The fraction of sp³-hybridized carbons (Fsp3) is 0.444. The minimum atomic E-state index is -2.51. The van der Waals surface area contributed by atoms with E-state index in [4.69, 9.17) is 85.3 Å². The van der Waals surface area contributed by atoms with Crippen molar-refractivity contribution in [3.8, 4) is 23.5 Å². The van der Waals surface area contributed by atoms with Crippen molar-refractivity contribution in [2.24, 2.45) is 21.7 Å². The Morgan fingerprint density at radius 2 is 0.882 bits per heavy atom. The summed E-state index contributed by atoms with van der Waals surface area (Å²) in [6, 6.07) is 28.1. The van der Waals surface area contributed by atoms with Crippen LogP contribution in [0.3, 0.4) is 0 Å². The molecule has 0 unspecified atom stereocenters. The van der Waals surface area contributed by atoms with Crippen molar-refractivity contribution in [3.63, 3.8) is 0 Å². The summed E-state index contributed by atoms with van der Waals surface area (Å²) in [7, 11) is 0.952. The van der Waals surface area contributed by atoms with Crippen molar-refractivity contribution in [3.05, 3.63) is 150 Å². The lowest BCUT2D eigenvalue weighted by molar-refractivity contribution is -0.386. The molecule has 6 N–H and O–H groups in total. The van der Waals surface area contributed by atoms with Gasteiger partial charge in [-0.25, -0.2) is 9.97 Å². The lowest BCUT2D eigenvalue weighted by Crippen LogP contribution is -2.57. The molecule has 0 amide bonds. The highest BCUT2D eigenvalue weighted by molar-refractivity contribution is 7.70. The monoisotopic (exact) mass is 1630 g/mol. The fourth-order valence-electron chi connectivity index (χ4n) is 13.5. The van der Waals surface area contributed by atoms with Crippen LogP contribution in [-0.4, -0.2) is 210 Å². The third-order valence-electron chi connectivity index (χ3n) is 19.6. The van der Waals surface area contributed by atoms with Gasteiger partial charge in [0.2, 0.25) is 23.0 Å². The average molecular weight is 1630 g/mol. The molecule has 0 bridgehead atoms. The third-order valence-corrected chi connectivity index (χ3v) is 23.6. The number of ether oxygens (including phenoxy) is 8. The molecule has 16 rings (SSSR count). The summed E-state index contributed by atoms with van der Waals surface area (Å²) in [6.07, 6.45) is 7.54. The zero-order valence-corrected chi connectivity index (χ0v) is 66.9. The predicted octanol–water partition coefficient (Wildman–Crippen LogP) is 12.0. The number of nitrogen functional groups attached to an aromatic ring is 1. The van der Waals surface area contributed by atoms with Gasteiger partial charge in [-0.2, -0.15) is 29.9 Å². The van der Waals surface area contributed by atoms with E-state index in [1.54, 1.807) is 46.9 Å². The van der Waals surface area contributed by atoms with Gasteiger partial charge in [0.05, 0.1) is 94.2 Å². The van der Waals surface area contributed by atoms with Gasteiger partial charge in [-0.3, -0.25) is 20.2 Å². The summed E-state index contributed by atoms with van der Waals surface area (Å²) in [5.41, 5.74) is 9.54. The van der Waals surface area contributed by atoms with E-state index < -0.39 is 24.1 Å². The van der Waals surface area contributed by atoms with E-state index >= 15 is 0 Å². The van der Waals surface area contributed by atoms with E-state index in [9.17, 15) is 29.4 Å². The van der Waals surface area contributed by atoms with Crippen LogP contribution < -0.4 is 71.3 Å². The SMILES string of the molecule is C1CC2(CNC2)CO1.COc1nc(Cl)ccc1[N+](=O)[O-].COc1nc(N2CC3(CCOC3)C2)ccc1N.COc1nc(N2CC3(CCOC3)C2)ccc1Nc1ncc(Cl)c(Nc2ccccc2P(C)(C)=O)n1.COc1nc(N2CC3(CCOC3)C2)ccc1[N+](=O)[O-].CP(C)(=O)c1ccccc1Nc1nc(Cl)ncc1Cl. The minimum absolute atomic E-state index is 0.0612. The summed E-state index contributed by atoms with van der Waals surface area (Å²) in [6.45, 7) is 22.0. The van der Waals surface area contributed by atoms with Gasteiger partial charge in [0.1, 0.15) is 52.6 Å². The van der Waals surface area contributed by atoms with Crippen molar-refractivity contribution in [1.29, 1.82) is 0 Å². The molecule has 4 spiro atoms. The minimum Gasteiger partial charge on any atom is -0.479 e. The summed E-state index contributed by atoms with van der Waals surface area (Å²) in [4.78, 5) is 60.2. The molecule has 8 saturated heterocycles. The maximum atomic E-state index is 12.7. The van der Waals surface area contributed by atoms with E-state index in [1.807, 2.05) is 72.8 Å². The number of hydrogen-bond donors (Lipinski definition) is 5. The van der Waals surface area contributed by atoms with Crippen molar-refractivity contribution in [2.75, 3.05) is 197 Å². The van der Waals surface area contributed by atoms with E-state index in [1.165, 1.54) is 64.3 Å². The van der Waals surface area contributed by atoms with Crippen LogP contribution >= 0.6 is 60.7 Å².